The van der Waals surface area contributed by atoms with E-state index in [2.05, 4.69) is 15.8 Å². The molecule has 2 saturated heterocycles. The van der Waals surface area contributed by atoms with E-state index in [1.807, 2.05) is 11.9 Å². The number of anilines is 1. The van der Waals surface area contributed by atoms with Crippen LogP contribution in [0.25, 0.3) is 0 Å². The van der Waals surface area contributed by atoms with Crippen LogP contribution in [0.5, 0.6) is 11.5 Å². The smallest absolute Gasteiger partial charge is 0.241 e. The molecule has 0 bridgehead atoms. The lowest BCUT2D eigenvalue weighted by atomic mass is 9.79. The molecule has 3 fully saturated rings. The lowest BCUT2D eigenvalue weighted by Gasteiger charge is -2.50. The molecule has 152 valence electrons. The molecule has 8 nitrogen and oxygen atoms in total. The van der Waals surface area contributed by atoms with Gasteiger partial charge in [-0.25, -0.2) is 5.01 Å². The zero-order valence-electron chi connectivity index (χ0n) is 16.6. The highest BCUT2D eigenvalue weighted by Gasteiger charge is 2.50. The van der Waals surface area contributed by atoms with E-state index in [1.54, 1.807) is 32.4 Å². The van der Waals surface area contributed by atoms with Gasteiger partial charge in [-0.15, -0.1) is 0 Å². The third-order valence-electron chi connectivity index (χ3n) is 6.35. The van der Waals surface area contributed by atoms with Gasteiger partial charge in [-0.1, -0.05) is 0 Å². The minimum absolute atomic E-state index is 0.0395. The van der Waals surface area contributed by atoms with Crippen molar-refractivity contribution in [1.29, 1.82) is 0 Å². The maximum atomic E-state index is 13.0. The van der Waals surface area contributed by atoms with Crippen LogP contribution in [0, 0.1) is 5.92 Å². The minimum atomic E-state index is -0.147. The molecule has 2 heterocycles. The van der Waals surface area contributed by atoms with Crippen molar-refractivity contribution in [3.8, 4) is 11.5 Å². The second kappa shape index (κ2) is 7.60. The molecular weight excluding hydrogens is 360 g/mol. The van der Waals surface area contributed by atoms with Gasteiger partial charge in [0.2, 0.25) is 11.8 Å². The van der Waals surface area contributed by atoms with Gasteiger partial charge in [0, 0.05) is 37.7 Å². The molecule has 4 rings (SSSR count). The fourth-order valence-corrected chi connectivity index (χ4v) is 4.83. The number of carbonyl (C=O) groups excluding carboxylic acids is 2. The van der Waals surface area contributed by atoms with Crippen molar-refractivity contribution in [2.75, 3.05) is 33.1 Å². The quantitative estimate of drug-likeness (QED) is 0.807. The van der Waals surface area contributed by atoms with Gasteiger partial charge in [0.25, 0.3) is 0 Å². The van der Waals surface area contributed by atoms with E-state index in [-0.39, 0.29) is 35.9 Å². The number of piperazine rings is 1. The summed E-state index contributed by atoms with van der Waals surface area (Å²) in [6.07, 6.45) is 3.20. The maximum Gasteiger partial charge on any atom is 0.241 e. The number of hydrogen-bond donors (Lipinski definition) is 2. The Balaban J connectivity index is 1.48. The molecule has 2 N–H and O–H groups in total. The van der Waals surface area contributed by atoms with Crippen LogP contribution < -0.4 is 20.2 Å². The molecule has 28 heavy (non-hydrogen) atoms. The van der Waals surface area contributed by atoms with Gasteiger partial charge in [-0.05, 0) is 37.8 Å². The number of nitrogens with zero attached hydrogens (tertiary/aromatic N) is 2. The van der Waals surface area contributed by atoms with E-state index in [0.29, 0.717) is 23.6 Å². The molecule has 4 atom stereocenters. The molecule has 8 heteroatoms. The average Bonchev–Trinajstić information content (AvgIpc) is 3.21. The van der Waals surface area contributed by atoms with Crippen LogP contribution >= 0.6 is 0 Å². The summed E-state index contributed by atoms with van der Waals surface area (Å²) in [5, 5.41) is 5.14. The number of rotatable bonds is 4. The maximum absolute atomic E-state index is 13.0. The number of hydrazine groups is 1. The molecule has 1 saturated carbocycles. The third-order valence-corrected chi connectivity index (χ3v) is 6.35. The Kier molecular flexibility index (Phi) is 5.16. The Morgan fingerprint density at radius 1 is 1.18 bits per heavy atom. The fourth-order valence-electron chi connectivity index (χ4n) is 4.83. The SMILES string of the molecule is COc1ccc(OC)c(NC(=O)C2CCC3C(C2)N(C)C(=O)C2CCNN23)c1. The number of carbonyl (C=O) groups is 2. The first-order valence-corrected chi connectivity index (χ1v) is 9.85. The van der Waals surface area contributed by atoms with Crippen molar-refractivity contribution < 1.29 is 19.1 Å². The summed E-state index contributed by atoms with van der Waals surface area (Å²) in [6.45, 7) is 0.840. The number of hydrogen-bond acceptors (Lipinski definition) is 6. The highest BCUT2D eigenvalue weighted by Crippen LogP contribution is 2.37. The number of benzene rings is 1. The summed E-state index contributed by atoms with van der Waals surface area (Å²) in [4.78, 5) is 27.5. The molecule has 3 aliphatic rings. The standard InChI is InChI=1S/C20H28N4O4/c1-23-17-10-12(4-6-15(17)24-16(20(23)26)8-9-21-24)19(25)22-14-11-13(27-2)5-7-18(14)28-3/h5,7,11-12,15-17,21H,4,6,8-10H2,1-3H3,(H,22,25). The third kappa shape index (κ3) is 3.20. The first kappa shape index (κ1) is 19.0. The van der Waals surface area contributed by atoms with E-state index >= 15 is 0 Å². The Labute approximate surface area is 165 Å². The van der Waals surface area contributed by atoms with Gasteiger partial charge in [-0.3, -0.25) is 15.0 Å². The molecule has 0 radical (unpaired) electrons. The molecule has 4 unspecified atom stereocenters. The second-order valence-corrected chi connectivity index (χ2v) is 7.77. The Morgan fingerprint density at radius 3 is 2.75 bits per heavy atom. The summed E-state index contributed by atoms with van der Waals surface area (Å²) in [5.41, 5.74) is 3.98. The molecule has 1 aromatic carbocycles. The predicted molar refractivity (Wildman–Crippen MR) is 104 cm³/mol. The van der Waals surface area contributed by atoms with Crippen LogP contribution in [-0.2, 0) is 9.59 Å². The highest BCUT2D eigenvalue weighted by molar-refractivity contribution is 5.94. The Hall–Kier alpha value is -2.32. The normalized spacial score (nSPS) is 29.8. The molecule has 0 spiro atoms. The van der Waals surface area contributed by atoms with E-state index in [1.165, 1.54) is 0 Å². The molecule has 2 aliphatic heterocycles. The zero-order chi connectivity index (χ0) is 19.8. The lowest BCUT2D eigenvalue weighted by Crippen LogP contribution is -2.67. The average molecular weight is 388 g/mol. The summed E-state index contributed by atoms with van der Waals surface area (Å²) >= 11 is 0. The molecule has 2 amide bonds. The number of methoxy groups -OCH3 is 2. The minimum Gasteiger partial charge on any atom is -0.497 e. The van der Waals surface area contributed by atoms with Crippen LogP contribution in [0.15, 0.2) is 18.2 Å². The largest absolute Gasteiger partial charge is 0.497 e. The number of ether oxygens (including phenoxy) is 2. The van der Waals surface area contributed by atoms with Gasteiger partial charge in [-0.2, -0.15) is 0 Å². The predicted octanol–water partition coefficient (Wildman–Crippen LogP) is 1.23. The van der Waals surface area contributed by atoms with E-state index in [4.69, 9.17) is 9.47 Å². The molecule has 1 aromatic rings. The topological polar surface area (TPSA) is 83.1 Å². The van der Waals surface area contributed by atoms with Crippen molar-refractivity contribution in [2.24, 2.45) is 5.92 Å². The first-order chi connectivity index (χ1) is 13.5. The summed E-state index contributed by atoms with van der Waals surface area (Å²) < 4.78 is 10.6. The van der Waals surface area contributed by atoms with E-state index in [9.17, 15) is 9.59 Å². The number of amides is 2. The van der Waals surface area contributed by atoms with E-state index in [0.717, 1.165) is 25.8 Å². The van der Waals surface area contributed by atoms with Crippen LogP contribution in [0.1, 0.15) is 25.7 Å². The summed E-state index contributed by atoms with van der Waals surface area (Å²) in [5.74, 6) is 1.22. The Bertz CT molecular complexity index is 771. The zero-order valence-corrected chi connectivity index (χ0v) is 16.6. The van der Waals surface area contributed by atoms with Gasteiger partial charge in [0.1, 0.15) is 17.5 Å². The van der Waals surface area contributed by atoms with Crippen molar-refractivity contribution in [3.63, 3.8) is 0 Å². The van der Waals surface area contributed by atoms with Crippen LogP contribution in [-0.4, -0.2) is 67.7 Å². The van der Waals surface area contributed by atoms with Gasteiger partial charge in [0.05, 0.1) is 19.9 Å². The fraction of sp³-hybridized carbons (Fsp3) is 0.600. The Morgan fingerprint density at radius 2 is 2.00 bits per heavy atom. The monoisotopic (exact) mass is 388 g/mol. The van der Waals surface area contributed by atoms with Crippen LogP contribution in [0.3, 0.4) is 0 Å². The number of fused-ring (bicyclic) bond motifs is 3. The van der Waals surface area contributed by atoms with Crippen molar-refractivity contribution in [3.05, 3.63) is 18.2 Å². The molecule has 1 aliphatic carbocycles. The van der Waals surface area contributed by atoms with Gasteiger partial charge >= 0.3 is 0 Å². The van der Waals surface area contributed by atoms with Crippen molar-refractivity contribution >= 4 is 17.5 Å². The summed E-state index contributed by atoms with van der Waals surface area (Å²) in [7, 11) is 5.04. The van der Waals surface area contributed by atoms with Crippen molar-refractivity contribution in [2.45, 2.75) is 43.8 Å². The van der Waals surface area contributed by atoms with Crippen LogP contribution in [0.2, 0.25) is 0 Å². The van der Waals surface area contributed by atoms with Gasteiger partial charge in [0.15, 0.2) is 0 Å². The highest BCUT2D eigenvalue weighted by atomic mass is 16.5. The first-order valence-electron chi connectivity index (χ1n) is 9.85. The molecule has 0 aromatic heterocycles. The summed E-state index contributed by atoms with van der Waals surface area (Å²) in [6, 6.07) is 5.59. The van der Waals surface area contributed by atoms with E-state index < -0.39 is 0 Å². The molecular formula is C20H28N4O4. The number of likely N-dealkylation sites (N-methyl/N-ethyl adjacent to an activating group) is 1. The number of nitrogens with one attached hydrogen (secondary N) is 2. The van der Waals surface area contributed by atoms with Crippen LogP contribution in [0.4, 0.5) is 5.69 Å². The second-order valence-electron chi connectivity index (χ2n) is 7.77. The lowest BCUT2D eigenvalue weighted by molar-refractivity contribution is -0.153. The van der Waals surface area contributed by atoms with Crippen molar-refractivity contribution in [1.82, 2.24) is 15.3 Å². The van der Waals surface area contributed by atoms with Gasteiger partial charge < -0.3 is 19.7 Å².